The minimum atomic E-state index is -4.52. The van der Waals surface area contributed by atoms with Gasteiger partial charge in [0.25, 0.3) is 0 Å². The molecule has 0 bridgehead atoms. The fourth-order valence-electron chi connectivity index (χ4n) is 1.60. The van der Waals surface area contributed by atoms with Crippen molar-refractivity contribution in [3.63, 3.8) is 0 Å². The molecule has 0 heterocycles. The number of benzene rings is 2. The van der Waals surface area contributed by atoms with Crippen LogP contribution in [0.1, 0.15) is 10.4 Å². The van der Waals surface area contributed by atoms with Gasteiger partial charge in [0.05, 0.1) is 10.5 Å². The molecule has 0 aliphatic rings. The predicted molar refractivity (Wildman–Crippen MR) is 59.0 cm³/mol. The first-order valence-electron chi connectivity index (χ1n) is 4.60. The summed E-state index contributed by atoms with van der Waals surface area (Å²) in [5.41, 5.74) is 0.0670. The fourth-order valence-corrected chi connectivity index (χ4v) is 2.11. The molecule has 88 valence electrons. The molecule has 5 nitrogen and oxygen atoms in total. The molecule has 0 atom stereocenters. The summed E-state index contributed by atoms with van der Waals surface area (Å²) in [5.74, 6) is -0.190. The van der Waals surface area contributed by atoms with Crippen molar-refractivity contribution in [3.05, 3.63) is 35.9 Å². The van der Waals surface area contributed by atoms with Crippen LogP contribution < -0.4 is 51.4 Å². The molecule has 18 heavy (non-hydrogen) atoms. The van der Waals surface area contributed by atoms with Gasteiger partial charge in [-0.1, -0.05) is 12.1 Å². The second-order valence-electron chi connectivity index (χ2n) is 3.45. The molecular weight excluding hydrogens is 283 g/mol. The molecular formula is C11H7KO5S. The largest absolute Gasteiger partial charge is 1.00 e. The topological polar surface area (TPSA) is 94.5 Å². The molecule has 0 aromatic heterocycles. The summed E-state index contributed by atoms with van der Waals surface area (Å²) in [6, 6.07) is 6.31. The van der Waals surface area contributed by atoms with Crippen LogP contribution >= 0.6 is 0 Å². The number of phenolic OH excluding ortho intramolecular Hbond substituents is 1. The van der Waals surface area contributed by atoms with Gasteiger partial charge in [0, 0.05) is 0 Å². The minimum absolute atomic E-state index is 0. The number of phenols is 1. The third-order valence-electron chi connectivity index (χ3n) is 2.42. The van der Waals surface area contributed by atoms with Crippen LogP contribution in [0.5, 0.6) is 5.75 Å². The predicted octanol–water partition coefficient (Wildman–Crippen LogP) is -1.73. The molecule has 0 fully saturated rings. The summed E-state index contributed by atoms with van der Waals surface area (Å²) in [7, 11) is -4.52. The first-order valence-corrected chi connectivity index (χ1v) is 6.01. The van der Waals surface area contributed by atoms with Gasteiger partial charge < -0.3 is 9.66 Å². The van der Waals surface area contributed by atoms with E-state index in [0.717, 1.165) is 6.07 Å². The van der Waals surface area contributed by atoms with E-state index in [2.05, 4.69) is 0 Å². The summed E-state index contributed by atoms with van der Waals surface area (Å²) in [6.45, 7) is 0. The number of rotatable bonds is 2. The summed E-state index contributed by atoms with van der Waals surface area (Å²) in [4.78, 5) is 10.4. The van der Waals surface area contributed by atoms with E-state index in [1.54, 1.807) is 0 Å². The van der Waals surface area contributed by atoms with Gasteiger partial charge in [-0.15, -0.1) is 0 Å². The average Bonchev–Trinajstić information content (AvgIpc) is 2.27. The van der Waals surface area contributed by atoms with Gasteiger partial charge in [-0.25, -0.2) is 8.42 Å². The Balaban J connectivity index is 0.00000162. The van der Waals surface area contributed by atoms with E-state index < -0.39 is 10.1 Å². The minimum Gasteiger partial charge on any atom is -0.744 e. The first-order chi connectivity index (χ1) is 7.93. The van der Waals surface area contributed by atoms with E-state index in [9.17, 15) is 22.9 Å². The van der Waals surface area contributed by atoms with Crippen molar-refractivity contribution in [2.24, 2.45) is 0 Å². The van der Waals surface area contributed by atoms with E-state index in [1.807, 2.05) is 0 Å². The third-order valence-corrected chi connectivity index (χ3v) is 3.25. The Morgan fingerprint density at radius 3 is 2.39 bits per heavy atom. The van der Waals surface area contributed by atoms with Crippen LogP contribution in [0.15, 0.2) is 35.2 Å². The quantitative estimate of drug-likeness (QED) is 0.403. The zero-order chi connectivity index (χ0) is 12.6. The standard InChI is InChI=1S/C11H8O5S.K/c12-6-10-9-3-2-8(17(14,15)16)5-7(9)1-4-11(10)13;/h1-6,13H,(H,14,15,16);/q;+1/p-1. The number of carbonyl (C=O) groups excluding carboxylic acids is 1. The van der Waals surface area contributed by atoms with E-state index in [-0.39, 0.29) is 67.6 Å². The molecule has 0 unspecified atom stereocenters. The van der Waals surface area contributed by atoms with Crippen molar-refractivity contribution >= 4 is 27.2 Å². The third kappa shape index (κ3) is 2.99. The monoisotopic (exact) mass is 290 g/mol. The second-order valence-corrected chi connectivity index (χ2v) is 4.83. The molecule has 2 aromatic carbocycles. The summed E-state index contributed by atoms with van der Waals surface area (Å²) < 4.78 is 32.5. The van der Waals surface area contributed by atoms with Gasteiger partial charge in [0.1, 0.15) is 15.9 Å². The zero-order valence-electron chi connectivity index (χ0n) is 9.45. The van der Waals surface area contributed by atoms with Crippen LogP contribution in [0.2, 0.25) is 0 Å². The van der Waals surface area contributed by atoms with Gasteiger partial charge in [-0.3, -0.25) is 4.79 Å². The number of hydrogen-bond acceptors (Lipinski definition) is 5. The smallest absolute Gasteiger partial charge is 0.744 e. The zero-order valence-corrected chi connectivity index (χ0v) is 13.4. The van der Waals surface area contributed by atoms with E-state index in [0.29, 0.717) is 17.1 Å². The Hall–Kier alpha value is -0.284. The molecule has 0 saturated heterocycles. The Morgan fingerprint density at radius 2 is 1.83 bits per heavy atom. The Morgan fingerprint density at radius 1 is 1.17 bits per heavy atom. The maximum absolute atomic E-state index is 10.8. The Labute approximate surface area is 146 Å². The molecule has 0 aliphatic carbocycles. The van der Waals surface area contributed by atoms with Crippen molar-refractivity contribution < 1.29 is 74.3 Å². The molecule has 2 aromatic rings. The number of carbonyl (C=O) groups is 1. The number of aldehydes is 1. The molecule has 2 rings (SSSR count). The number of hydrogen-bond donors (Lipinski definition) is 1. The number of aromatic hydroxyl groups is 1. The van der Waals surface area contributed by atoms with E-state index >= 15 is 0 Å². The number of fused-ring (bicyclic) bond motifs is 1. The molecule has 0 spiro atoms. The van der Waals surface area contributed by atoms with E-state index in [4.69, 9.17) is 0 Å². The van der Waals surface area contributed by atoms with Crippen molar-refractivity contribution in [1.82, 2.24) is 0 Å². The Bertz CT molecular complexity index is 709. The SMILES string of the molecule is O=Cc1c(O)ccc2cc(S(=O)(=O)[O-])ccc12.[K+]. The van der Waals surface area contributed by atoms with Gasteiger partial charge in [-0.2, -0.15) is 0 Å². The van der Waals surface area contributed by atoms with Crippen LogP contribution in [0.4, 0.5) is 0 Å². The fraction of sp³-hybridized carbons (Fsp3) is 0. The summed E-state index contributed by atoms with van der Waals surface area (Å²) in [5, 5.41) is 10.2. The molecule has 7 heteroatoms. The summed E-state index contributed by atoms with van der Waals surface area (Å²) in [6.07, 6.45) is 0.475. The van der Waals surface area contributed by atoms with Gasteiger partial charge in [0.2, 0.25) is 0 Å². The first kappa shape index (κ1) is 15.8. The van der Waals surface area contributed by atoms with Gasteiger partial charge in [-0.05, 0) is 29.0 Å². The average molecular weight is 290 g/mol. The van der Waals surface area contributed by atoms with Crippen molar-refractivity contribution in [2.75, 3.05) is 0 Å². The van der Waals surface area contributed by atoms with Crippen molar-refractivity contribution in [2.45, 2.75) is 4.90 Å². The van der Waals surface area contributed by atoms with Crippen LogP contribution in [-0.2, 0) is 10.1 Å². The molecule has 0 radical (unpaired) electrons. The van der Waals surface area contributed by atoms with Crippen molar-refractivity contribution in [3.8, 4) is 5.75 Å². The van der Waals surface area contributed by atoms with Crippen molar-refractivity contribution in [1.29, 1.82) is 0 Å². The Kier molecular flexibility index (Phi) is 5.07. The van der Waals surface area contributed by atoms with Gasteiger partial charge >= 0.3 is 51.4 Å². The van der Waals surface area contributed by atoms with Crippen LogP contribution in [0.25, 0.3) is 10.8 Å². The molecule has 0 amide bonds. The summed E-state index contributed by atoms with van der Waals surface area (Å²) >= 11 is 0. The van der Waals surface area contributed by atoms with Crippen LogP contribution in [0, 0.1) is 0 Å². The van der Waals surface area contributed by atoms with Crippen LogP contribution in [-0.4, -0.2) is 24.4 Å². The molecule has 0 saturated carbocycles. The molecule has 0 aliphatic heterocycles. The maximum Gasteiger partial charge on any atom is 1.00 e. The molecule has 1 N–H and O–H groups in total. The van der Waals surface area contributed by atoms with Gasteiger partial charge in [0.15, 0.2) is 6.29 Å². The second kappa shape index (κ2) is 5.78. The maximum atomic E-state index is 10.8. The van der Waals surface area contributed by atoms with E-state index in [1.165, 1.54) is 24.3 Å². The normalized spacial score (nSPS) is 10.9. The van der Waals surface area contributed by atoms with Crippen LogP contribution in [0.3, 0.4) is 0 Å².